The molecule has 1 radical (unpaired) electrons. The van der Waals surface area contributed by atoms with Crippen LogP contribution in [0, 0.1) is 23.7 Å². The molecular weight excluding hydrogens is 701 g/mol. The molecule has 1 aromatic heterocycles. The Morgan fingerprint density at radius 3 is 2.50 bits per heavy atom. The number of hydrogen-bond donors (Lipinski definition) is 1. The van der Waals surface area contributed by atoms with E-state index < -0.39 is 32.5 Å². The summed E-state index contributed by atoms with van der Waals surface area (Å²) in [7, 11) is 0. The molecule has 0 bridgehead atoms. The number of ether oxygens (including phenoxy) is 1. The third-order valence-corrected chi connectivity index (χ3v) is 18.6. The topological polar surface area (TPSA) is 72.6 Å². The second-order valence-electron chi connectivity index (χ2n) is 13.4. The summed E-state index contributed by atoms with van der Waals surface area (Å²) in [6, 6.07) is 18.2. The molecule has 3 aromatic carbocycles. The van der Waals surface area contributed by atoms with Crippen molar-refractivity contribution in [2.45, 2.75) is 80.3 Å². The molecule has 2 aliphatic rings. The second kappa shape index (κ2) is 13.3. The van der Waals surface area contributed by atoms with Crippen LogP contribution in [0.4, 0.5) is 13.2 Å². The zero-order valence-electron chi connectivity index (χ0n) is 26.7. The molecule has 0 amide bonds. The van der Waals surface area contributed by atoms with Crippen LogP contribution in [0.2, 0.25) is 8.73 Å². The van der Waals surface area contributed by atoms with E-state index in [1.165, 1.54) is 15.6 Å². The molecule has 5 unspecified atom stereocenters. The number of fused-ring (bicyclic) bond motifs is 1. The van der Waals surface area contributed by atoms with Crippen LogP contribution in [0.25, 0.3) is 22.0 Å². The molecule has 9 heteroatoms. The first-order valence-corrected chi connectivity index (χ1v) is 21.6. The molecule has 0 spiro atoms. The summed E-state index contributed by atoms with van der Waals surface area (Å²) in [6.07, 6.45) is 1.32. The van der Waals surface area contributed by atoms with Gasteiger partial charge in [0.1, 0.15) is 0 Å². The molecule has 6 rings (SSSR count). The van der Waals surface area contributed by atoms with Crippen LogP contribution in [0.5, 0.6) is 5.75 Å². The number of hydrogen-bond acceptors (Lipinski definition) is 4. The number of benzene rings is 3. The van der Waals surface area contributed by atoms with Crippen molar-refractivity contribution in [1.82, 2.24) is 5.16 Å². The van der Waals surface area contributed by atoms with Crippen molar-refractivity contribution in [1.29, 1.82) is 0 Å². The number of aromatic carboxylic acids is 1. The fourth-order valence-corrected chi connectivity index (χ4v) is 15.9. The minimum absolute atomic E-state index is 0.253. The Kier molecular flexibility index (Phi) is 9.49. The number of nitrogens with zero attached hydrogens (tertiary/aromatic N) is 1. The Hall–Kier alpha value is -2.99. The van der Waals surface area contributed by atoms with E-state index in [1.54, 1.807) is 24.3 Å². The minimum atomic E-state index is -4.80. The molecule has 0 aliphatic heterocycles. The fourth-order valence-electron chi connectivity index (χ4n) is 7.80. The number of carboxylic acids is 1. The van der Waals surface area contributed by atoms with Gasteiger partial charge >= 0.3 is 263 Å². The van der Waals surface area contributed by atoms with Gasteiger partial charge in [-0.05, 0) is 0 Å². The summed E-state index contributed by atoms with van der Waals surface area (Å²) in [6.45, 7) is 7.01. The summed E-state index contributed by atoms with van der Waals surface area (Å²) in [4.78, 5) is 14.0. The first-order valence-electron chi connectivity index (χ1n) is 16.3. The summed E-state index contributed by atoms with van der Waals surface area (Å²) >= 11 is -1.91. The number of carboxylic acid groups (broad SMARTS) is 1. The third-order valence-electron chi connectivity index (χ3n) is 10.3. The van der Waals surface area contributed by atoms with E-state index in [0.717, 1.165) is 54.2 Å². The number of aromatic nitrogens is 1. The van der Waals surface area contributed by atoms with Gasteiger partial charge in [-0.3, -0.25) is 0 Å². The second-order valence-corrected chi connectivity index (χ2v) is 20.1. The Balaban J connectivity index is 1.22. The predicted octanol–water partition coefficient (Wildman–Crippen LogP) is 9.62. The number of para-hydroxylation sites is 1. The predicted molar refractivity (Wildman–Crippen MR) is 175 cm³/mol. The summed E-state index contributed by atoms with van der Waals surface area (Å²) < 4.78 is 52.2. The molecule has 4 aromatic rings. The molecule has 2 fully saturated rings. The SMILES string of the molecule is CCC1CC(C(C)Cc2c(-c3ccccc3OC(F)(F)F)noc2C2CC2)CC(C)[CH]1[Sb+]([CH3])[c]1ccc2cc(C(=O)O)ccc2c1. The average molecular weight is 742 g/mol. The van der Waals surface area contributed by atoms with Crippen LogP contribution in [-0.4, -0.2) is 42.8 Å². The van der Waals surface area contributed by atoms with E-state index in [2.05, 4.69) is 53.7 Å². The van der Waals surface area contributed by atoms with Gasteiger partial charge in [-0.1, -0.05) is 0 Å². The molecule has 2 aliphatic carbocycles. The molecule has 1 heterocycles. The number of halogens is 3. The van der Waals surface area contributed by atoms with Crippen molar-refractivity contribution < 1.29 is 32.3 Å². The van der Waals surface area contributed by atoms with Crippen molar-refractivity contribution in [3.05, 3.63) is 77.6 Å². The van der Waals surface area contributed by atoms with Crippen molar-refractivity contribution in [2.75, 3.05) is 0 Å². The summed E-state index contributed by atoms with van der Waals surface area (Å²) in [5.41, 5.74) is 2.03. The molecule has 5 atom stereocenters. The Morgan fingerprint density at radius 2 is 1.80 bits per heavy atom. The van der Waals surface area contributed by atoms with Gasteiger partial charge in [0.25, 0.3) is 0 Å². The average Bonchev–Trinajstić information content (AvgIpc) is 3.79. The van der Waals surface area contributed by atoms with Gasteiger partial charge in [0.15, 0.2) is 0 Å². The maximum absolute atomic E-state index is 13.3. The van der Waals surface area contributed by atoms with E-state index in [1.807, 2.05) is 6.07 Å². The van der Waals surface area contributed by atoms with Crippen LogP contribution < -0.4 is 8.25 Å². The molecule has 46 heavy (non-hydrogen) atoms. The van der Waals surface area contributed by atoms with Crippen LogP contribution in [0.1, 0.15) is 80.5 Å². The maximum atomic E-state index is 13.3. The monoisotopic (exact) mass is 741 g/mol. The third kappa shape index (κ3) is 6.98. The molecular formula is C37H41F3NO4Sb+. The molecule has 2 saturated carbocycles. The number of carbonyl (C=O) groups is 1. The zero-order valence-corrected chi connectivity index (χ0v) is 29.2. The van der Waals surface area contributed by atoms with E-state index in [9.17, 15) is 23.1 Å². The van der Waals surface area contributed by atoms with Gasteiger partial charge in [0.05, 0.1) is 0 Å². The van der Waals surface area contributed by atoms with Gasteiger partial charge in [0.2, 0.25) is 0 Å². The Bertz CT molecular complexity index is 1710. The molecule has 1 N–H and O–H groups in total. The van der Waals surface area contributed by atoms with E-state index >= 15 is 0 Å². The van der Waals surface area contributed by atoms with Crippen LogP contribution in [0.15, 0.2) is 65.2 Å². The van der Waals surface area contributed by atoms with Gasteiger partial charge in [0, 0.05) is 0 Å². The Morgan fingerprint density at radius 1 is 1.09 bits per heavy atom. The van der Waals surface area contributed by atoms with Crippen LogP contribution in [-0.2, 0) is 6.42 Å². The first-order chi connectivity index (χ1) is 21.9. The quantitative estimate of drug-likeness (QED) is 0.164. The van der Waals surface area contributed by atoms with Gasteiger partial charge in [-0.2, -0.15) is 0 Å². The van der Waals surface area contributed by atoms with Gasteiger partial charge in [-0.15, -0.1) is 13.2 Å². The van der Waals surface area contributed by atoms with E-state index in [4.69, 9.17) is 4.52 Å². The van der Waals surface area contributed by atoms with E-state index in [0.29, 0.717) is 50.8 Å². The summed E-state index contributed by atoms with van der Waals surface area (Å²) in [5.74, 6) is 1.93. The Labute approximate surface area is 275 Å². The molecule has 243 valence electrons. The number of rotatable bonds is 10. The molecule has 5 nitrogen and oxygen atoms in total. The van der Waals surface area contributed by atoms with Gasteiger partial charge < -0.3 is 0 Å². The first kappa shape index (κ1) is 32.9. The van der Waals surface area contributed by atoms with Crippen molar-refractivity contribution in [3.8, 4) is 17.0 Å². The van der Waals surface area contributed by atoms with Crippen molar-refractivity contribution >= 4 is 40.5 Å². The van der Waals surface area contributed by atoms with Crippen LogP contribution >= 0.6 is 0 Å². The zero-order chi connectivity index (χ0) is 32.7. The standard InChI is InChI=1S/C25H31F3NO2.C11H7O2.CH3.Sb/c1-4-17-11-15(2)12-19(14-17)16(3)13-21-23(29-31-24(21)18-9-10-18)20-7-5-6-8-22(20)30-25(26,27)28;12-11(13)10-6-5-8-3-1-2-4-9(8)7-10;;/h5-8,11,15-19H,4,9-10,12-14H2,1-3H3;2-7H,(H,12,13);1H3;/q;;;+1. The van der Waals surface area contributed by atoms with Crippen molar-refractivity contribution in [2.24, 2.45) is 23.7 Å². The van der Waals surface area contributed by atoms with Crippen molar-refractivity contribution in [3.63, 3.8) is 0 Å². The normalized spacial score (nSPS) is 22.7. The molecule has 0 saturated heterocycles. The van der Waals surface area contributed by atoms with Gasteiger partial charge in [-0.25, -0.2) is 0 Å². The van der Waals surface area contributed by atoms with Crippen LogP contribution in [0.3, 0.4) is 0 Å². The fraction of sp³-hybridized carbons (Fsp3) is 0.459. The van der Waals surface area contributed by atoms with E-state index in [-0.39, 0.29) is 11.7 Å². The summed E-state index contributed by atoms with van der Waals surface area (Å²) in [5, 5.41) is 15.8. The number of alkyl halides is 3.